The fraction of sp³-hybridized carbons (Fsp3) is 0.583. The van der Waals surface area contributed by atoms with Crippen LogP contribution >= 0.6 is 0 Å². The molecule has 732 valence electrons. The Morgan fingerprint density at radius 2 is 0.852 bits per heavy atom. The van der Waals surface area contributed by atoms with Gasteiger partial charge >= 0.3 is 41.6 Å². The lowest BCUT2D eigenvalue weighted by Gasteiger charge is -2.20. The summed E-state index contributed by atoms with van der Waals surface area (Å²) in [4.78, 5) is 161. The Labute approximate surface area is 791 Å². The van der Waals surface area contributed by atoms with E-state index in [1.165, 1.54) is 55.4 Å². The molecule has 5 aromatic rings. The Balaban J connectivity index is 0.000000324. The number of carboxylic acid groups (broad SMARTS) is 1. The predicted octanol–water partition coefficient (Wildman–Crippen LogP) is 8.82. The predicted molar refractivity (Wildman–Crippen MR) is 512 cm³/mol. The fourth-order valence-electron chi connectivity index (χ4n) is 15.4. The van der Waals surface area contributed by atoms with Gasteiger partial charge in [-0.1, -0.05) is 6.58 Å². The quantitative estimate of drug-likeness (QED) is 0.0167. The molecule has 12 heterocycles. The van der Waals surface area contributed by atoms with Crippen LogP contribution in [0.3, 0.4) is 0 Å². The summed E-state index contributed by atoms with van der Waals surface area (Å²) >= 11 is 0. The maximum Gasteiger partial charge on any atom is 0.412 e. The number of methoxy groups -OCH3 is 2. The molecule has 1 amide bonds. The highest BCUT2D eigenvalue weighted by atomic mass is 16.6. The van der Waals surface area contributed by atoms with Gasteiger partial charge in [-0.2, -0.15) is 5.26 Å². The summed E-state index contributed by atoms with van der Waals surface area (Å²) in [6, 6.07) is 18.0. The number of nitriles is 1. The van der Waals surface area contributed by atoms with Gasteiger partial charge in [0.25, 0.3) is 22.2 Å². The highest BCUT2D eigenvalue weighted by Crippen LogP contribution is 2.26. The van der Waals surface area contributed by atoms with Gasteiger partial charge in [-0.05, 0) is 199 Å². The Bertz CT molecular complexity index is 5240. The third kappa shape index (κ3) is 43.3. The molecule has 39 nitrogen and oxygen atoms in total. The number of hydrogen-bond acceptors (Lipinski definition) is 27. The van der Waals surface area contributed by atoms with Crippen LogP contribution in [0.2, 0.25) is 0 Å². The number of allylic oxidation sites excluding steroid dienone is 1. The van der Waals surface area contributed by atoms with Crippen molar-refractivity contribution in [3.63, 3.8) is 0 Å². The Morgan fingerprint density at radius 3 is 1.23 bits per heavy atom. The Morgan fingerprint density at radius 1 is 0.496 bits per heavy atom. The molecule has 7 N–H and O–H groups in total. The number of anilines is 2. The summed E-state index contributed by atoms with van der Waals surface area (Å²) in [5.41, 5.74) is 8.45. The molecule has 7 fully saturated rings. The van der Waals surface area contributed by atoms with Crippen LogP contribution in [0.1, 0.15) is 175 Å². The van der Waals surface area contributed by atoms with E-state index in [1.54, 1.807) is 102 Å². The second-order valence-electron chi connectivity index (χ2n) is 35.6. The van der Waals surface area contributed by atoms with Crippen LogP contribution < -0.4 is 50.0 Å². The minimum absolute atomic E-state index is 0.00228. The number of aromatic nitrogens is 4. The molecule has 12 rings (SSSR count). The molecule has 7 aliphatic rings. The standard InChI is InChI=1S/C17H24N4O3.C14H17N3O3.C13H15N3O3.C13H22N2O2.C12H16N4O.C10H19NO2.C7H13N3.C7H6O4.C3H3N/c1-17(2,3)24-16(23)19-14-6-5-9-21(15(14)22)13-7-10-20(12-13)11-8-18-4;1-15-6-9-16-8-5-11(10-16)17-7-3-4-12(13(17)18)14(19)20-2;1-14-5-8-15-7-4-10(9-15)16-6-2-3-11(12(16)17)13(18)19;1-13(2,3)17-12(16)9-11-5-7-15(10-11)8-6-14-4;1-14-5-8-15-7-4-10(9-15)16-6-2-3-11(13)12(16)17;1-10(2,3)13-9(12)6-8-4-5-11-7-8;1-9-3-5-10-4-2-7(8)6-10;1-10-6(8)5-3-2-4-11-7(5)9;1-2-3-4/h5-6,9,13H,7-8,10-12H2,1-3H3,(H,19,23);3-4,7,11H,5-6,8-10H2,2H3;2-3,6,10H,4-5,7-9H2,(H,18,19);11H,5-10H2,1-3H3;2-3,6,10H,4-5,7-9,13H2;8,11H,4-7H2,1-3H3;7H,2-6,8H2;2-4H,1H3;2H,1H2/t13-;11-;10-;11-;10-;8-;7-;;/m1110101../s1. The average molecular weight is 1870 g/mol. The number of ether oxygens (including phenoxy) is 5. The number of rotatable bonds is 24. The first kappa shape index (κ1) is 114. The van der Waals surface area contributed by atoms with E-state index >= 15 is 0 Å². The summed E-state index contributed by atoms with van der Waals surface area (Å²) < 4.78 is 35.6. The van der Waals surface area contributed by atoms with Crippen molar-refractivity contribution in [2.45, 2.75) is 167 Å². The van der Waals surface area contributed by atoms with Crippen molar-refractivity contribution >= 4 is 47.3 Å². The molecule has 0 aliphatic carbocycles. The zero-order chi connectivity index (χ0) is 100. The molecule has 39 heteroatoms. The summed E-state index contributed by atoms with van der Waals surface area (Å²) in [7, 11) is 2.47. The number of pyridine rings is 4. The molecule has 5 aromatic heterocycles. The fourth-order valence-corrected chi connectivity index (χ4v) is 15.4. The molecule has 0 unspecified atom stereocenters. The second kappa shape index (κ2) is 60.3. The van der Waals surface area contributed by atoms with Gasteiger partial charge < -0.3 is 97.3 Å². The van der Waals surface area contributed by atoms with Crippen LogP contribution in [-0.4, -0.2) is 296 Å². The number of aromatic carboxylic acids is 1. The molecular formula is C96H135N21O18. The number of carbonyl (C=O) groups excluding carboxylic acids is 5. The van der Waals surface area contributed by atoms with Crippen LogP contribution in [0, 0.1) is 62.6 Å². The van der Waals surface area contributed by atoms with Gasteiger partial charge in [-0.15, -0.1) is 0 Å². The lowest BCUT2D eigenvalue weighted by molar-refractivity contribution is -0.157. The second-order valence-corrected chi connectivity index (χ2v) is 35.6. The molecule has 7 saturated heterocycles. The maximum absolute atomic E-state index is 12.6. The van der Waals surface area contributed by atoms with Gasteiger partial charge in [0, 0.05) is 122 Å². The lowest BCUT2D eigenvalue weighted by atomic mass is 10.1. The van der Waals surface area contributed by atoms with Crippen molar-refractivity contribution in [1.29, 1.82) is 5.26 Å². The van der Waals surface area contributed by atoms with Crippen molar-refractivity contribution in [3.05, 3.63) is 241 Å². The van der Waals surface area contributed by atoms with Crippen LogP contribution in [0.4, 0.5) is 16.2 Å². The van der Waals surface area contributed by atoms with E-state index in [-0.39, 0.29) is 86.4 Å². The minimum atomic E-state index is -1.19. The molecule has 0 radical (unpaired) electrons. The average Bonchev–Trinajstić information content (AvgIpc) is 1.69. The minimum Gasteiger partial charge on any atom is -0.477 e. The summed E-state index contributed by atoms with van der Waals surface area (Å²) in [5.74, 6) is -1.77. The first-order valence-corrected chi connectivity index (χ1v) is 45.0. The molecule has 0 saturated carbocycles. The van der Waals surface area contributed by atoms with Crippen molar-refractivity contribution in [3.8, 4) is 6.07 Å². The van der Waals surface area contributed by atoms with Crippen LogP contribution in [-0.2, 0) is 33.3 Å². The van der Waals surface area contributed by atoms with E-state index in [1.807, 2.05) is 41.5 Å². The SMILES string of the molecule is C=CC#N.CC(C)(C)OC(=O)C[C@@H]1CCNC1.COC(=O)c1cccoc1=O.[C-]#[N+]CCN1CC[C@@H](CC(=O)OC(C)(C)C)C1.[C-]#[N+]CCN1CC[C@@H](N)C1.[C-]#[N+]CCN1CC[C@@H](n2cccc(C(=O)O)c2=O)C1.[C-]#[N+]CCN1CC[C@@H](n2cccc(C(=O)OC)c2=O)C1.[C-]#[N+]CCN1CC[C@@H](n2cccc(N)c2=O)C1.[C-]#[N+]CCN1CC[C@@H](n2cccc(NC(=O)OC(C)(C)C)c2=O)C1. The first-order valence-electron chi connectivity index (χ1n) is 45.0. The topological polar surface area (TPSA) is 433 Å². The molecule has 0 aromatic carbocycles. The number of nitrogen functional groups attached to an aromatic ring is 1. The molecule has 0 bridgehead atoms. The monoisotopic (exact) mass is 1870 g/mol. The van der Waals surface area contributed by atoms with Crippen molar-refractivity contribution in [1.82, 2.24) is 53.0 Å². The van der Waals surface area contributed by atoms with E-state index in [4.69, 9.17) is 75.5 Å². The number of hydrogen-bond donors (Lipinski definition) is 5. The number of carboxylic acids is 1. The summed E-state index contributed by atoms with van der Waals surface area (Å²) in [6.07, 6.45) is 16.4. The van der Waals surface area contributed by atoms with Crippen LogP contribution in [0.5, 0.6) is 0 Å². The number of carbonyl (C=O) groups is 6. The van der Waals surface area contributed by atoms with Crippen molar-refractivity contribution < 1.29 is 62.0 Å². The normalized spacial score (nSPS) is 19.0. The largest absolute Gasteiger partial charge is 0.477 e. The number of amides is 1. The number of likely N-dealkylation sites (tertiary alicyclic amines) is 6. The van der Waals surface area contributed by atoms with Crippen molar-refractivity contribution in [2.24, 2.45) is 17.6 Å². The van der Waals surface area contributed by atoms with E-state index in [0.717, 1.165) is 163 Å². The highest BCUT2D eigenvalue weighted by molar-refractivity contribution is 5.89. The van der Waals surface area contributed by atoms with E-state index in [0.29, 0.717) is 88.8 Å². The van der Waals surface area contributed by atoms with Crippen LogP contribution in [0.25, 0.3) is 29.1 Å². The highest BCUT2D eigenvalue weighted by Gasteiger charge is 2.33. The lowest BCUT2D eigenvalue weighted by Crippen LogP contribution is -2.32. The smallest absolute Gasteiger partial charge is 0.412 e. The summed E-state index contributed by atoms with van der Waals surface area (Å²) in [5, 5.41) is 22.2. The van der Waals surface area contributed by atoms with Gasteiger partial charge in [-0.25, -0.2) is 63.4 Å². The van der Waals surface area contributed by atoms with Gasteiger partial charge in [-0.3, -0.25) is 63.5 Å². The van der Waals surface area contributed by atoms with Gasteiger partial charge in [0.05, 0.1) is 95.7 Å². The van der Waals surface area contributed by atoms with E-state index in [2.05, 4.69) is 89.6 Å². The summed E-state index contributed by atoms with van der Waals surface area (Å²) in [6.45, 7) is 80.6. The molecule has 7 aliphatic heterocycles. The zero-order valence-electron chi connectivity index (χ0n) is 79.9. The molecule has 0 spiro atoms. The van der Waals surface area contributed by atoms with Gasteiger partial charge in [0.2, 0.25) is 39.3 Å². The number of esters is 4. The van der Waals surface area contributed by atoms with Gasteiger partial charge in [0.15, 0.2) is 0 Å². The zero-order valence-corrected chi connectivity index (χ0v) is 79.9. The number of nitrogens with zero attached hydrogens (tertiary/aromatic N) is 17. The first-order chi connectivity index (χ1) is 64.2. The molecular weight excluding hydrogens is 1740 g/mol. The number of nitrogens with two attached hydrogens (primary N) is 2. The Hall–Kier alpha value is -13.0. The van der Waals surface area contributed by atoms with Crippen molar-refractivity contribution in [2.75, 3.05) is 195 Å². The maximum atomic E-state index is 12.6. The van der Waals surface area contributed by atoms with E-state index in [9.17, 15) is 52.7 Å². The third-order valence-corrected chi connectivity index (χ3v) is 21.8. The molecule has 135 heavy (non-hydrogen) atoms. The van der Waals surface area contributed by atoms with E-state index < -0.39 is 40.8 Å². The van der Waals surface area contributed by atoms with Crippen LogP contribution in [0.15, 0.2) is 133 Å². The molecule has 7 atom stereocenters. The third-order valence-electron chi connectivity index (χ3n) is 21.8. The number of nitrogens with one attached hydrogen (secondary N) is 2. The Kier molecular flexibility index (Phi) is 51.1. The van der Waals surface area contributed by atoms with Gasteiger partial charge in [0.1, 0.15) is 39.2 Å².